The Balaban J connectivity index is 1.73. The van der Waals surface area contributed by atoms with Crippen LogP contribution in [0.2, 0.25) is 5.02 Å². The van der Waals surface area contributed by atoms with Crippen LogP contribution in [0.1, 0.15) is 24.3 Å². The summed E-state index contributed by atoms with van der Waals surface area (Å²) < 4.78 is 10.3. The number of hydrogen-bond donors (Lipinski definition) is 1. The Morgan fingerprint density at radius 3 is 2.75 bits per heavy atom. The van der Waals surface area contributed by atoms with E-state index < -0.39 is 0 Å². The van der Waals surface area contributed by atoms with Gasteiger partial charge in [-0.15, -0.1) is 0 Å². The van der Waals surface area contributed by atoms with Crippen molar-refractivity contribution >= 4 is 29.2 Å². The van der Waals surface area contributed by atoms with Gasteiger partial charge in [0.1, 0.15) is 11.5 Å². The molecule has 124 valence electrons. The number of esters is 1. The maximum absolute atomic E-state index is 12.3. The van der Waals surface area contributed by atoms with Gasteiger partial charge >= 0.3 is 5.97 Å². The molecule has 5 nitrogen and oxygen atoms in total. The third-order valence-electron chi connectivity index (χ3n) is 3.86. The van der Waals surface area contributed by atoms with Crippen molar-refractivity contribution in [2.75, 3.05) is 12.4 Å². The van der Waals surface area contributed by atoms with Crippen LogP contribution in [0.15, 0.2) is 42.5 Å². The molecule has 0 saturated heterocycles. The number of carbonyl (C=O) groups excluding carboxylic acids is 2. The van der Waals surface area contributed by atoms with Crippen molar-refractivity contribution in [3.8, 4) is 11.5 Å². The minimum Gasteiger partial charge on any atom is -0.497 e. The third-order valence-corrected chi connectivity index (χ3v) is 4.19. The Kier molecular flexibility index (Phi) is 4.71. The Labute approximate surface area is 144 Å². The van der Waals surface area contributed by atoms with Crippen molar-refractivity contribution in [3.05, 3.63) is 53.1 Å². The van der Waals surface area contributed by atoms with Crippen molar-refractivity contribution in [1.82, 2.24) is 0 Å². The predicted molar refractivity (Wildman–Crippen MR) is 90.7 cm³/mol. The normalized spacial score (nSPS) is 16.1. The lowest BCUT2D eigenvalue weighted by molar-refractivity contribution is -0.136. The number of benzene rings is 2. The molecule has 0 unspecified atom stereocenters. The minimum absolute atomic E-state index is 0.132. The van der Waals surface area contributed by atoms with Gasteiger partial charge < -0.3 is 14.8 Å². The number of anilines is 1. The summed E-state index contributed by atoms with van der Waals surface area (Å²) in [5, 5.41) is 3.32. The number of carbonyl (C=O) groups is 2. The Bertz CT molecular complexity index is 773. The third kappa shape index (κ3) is 3.51. The van der Waals surface area contributed by atoms with E-state index in [2.05, 4.69) is 5.32 Å². The lowest BCUT2D eigenvalue weighted by Crippen LogP contribution is -2.24. The van der Waals surface area contributed by atoms with Gasteiger partial charge in [-0.2, -0.15) is 0 Å². The van der Waals surface area contributed by atoms with Crippen LogP contribution in [-0.2, 0) is 9.59 Å². The largest absolute Gasteiger partial charge is 0.497 e. The number of nitrogens with one attached hydrogen (secondary N) is 1. The van der Waals surface area contributed by atoms with E-state index in [4.69, 9.17) is 21.1 Å². The average Bonchev–Trinajstić information content (AvgIpc) is 2.55. The van der Waals surface area contributed by atoms with E-state index in [0.29, 0.717) is 27.8 Å². The monoisotopic (exact) mass is 345 g/mol. The number of rotatable bonds is 4. The lowest BCUT2D eigenvalue weighted by atomic mass is 9.89. The summed E-state index contributed by atoms with van der Waals surface area (Å²) in [5.41, 5.74) is 1.38. The molecule has 2 aromatic carbocycles. The van der Waals surface area contributed by atoms with Gasteiger partial charge in [0, 0.05) is 28.6 Å². The molecule has 2 aromatic rings. The van der Waals surface area contributed by atoms with E-state index in [1.807, 2.05) is 0 Å². The number of halogens is 1. The van der Waals surface area contributed by atoms with Crippen molar-refractivity contribution < 1.29 is 19.1 Å². The number of fused-ring (bicyclic) bond motifs is 1. The first-order valence-electron chi connectivity index (χ1n) is 7.50. The smallest absolute Gasteiger partial charge is 0.311 e. The Morgan fingerprint density at radius 2 is 2.04 bits per heavy atom. The van der Waals surface area contributed by atoms with Crippen LogP contribution in [0.25, 0.3) is 0 Å². The highest BCUT2D eigenvalue weighted by Crippen LogP contribution is 2.40. The summed E-state index contributed by atoms with van der Waals surface area (Å²) in [5.74, 6) is 0.302. The van der Waals surface area contributed by atoms with E-state index in [-0.39, 0.29) is 30.6 Å². The maximum Gasteiger partial charge on any atom is 0.311 e. The van der Waals surface area contributed by atoms with Gasteiger partial charge in [-0.3, -0.25) is 9.59 Å². The fraction of sp³-hybridized carbons (Fsp3) is 0.222. The molecule has 6 heteroatoms. The van der Waals surface area contributed by atoms with Gasteiger partial charge in [-0.1, -0.05) is 17.7 Å². The van der Waals surface area contributed by atoms with E-state index in [9.17, 15) is 9.59 Å². The summed E-state index contributed by atoms with van der Waals surface area (Å²) >= 11 is 6.22. The topological polar surface area (TPSA) is 64.6 Å². The standard InChI is InChI=1S/C18H16ClNO4/c1-23-13-7-5-12(6-8-13)20-16(21)9-11-10-17(22)24-15-4-2-3-14(19)18(11)15/h2-8,11H,9-10H2,1H3,(H,20,21)/t11-/m1/s1. The minimum atomic E-state index is -0.355. The predicted octanol–water partition coefficient (Wildman–Crippen LogP) is 3.77. The number of amides is 1. The fourth-order valence-corrected chi connectivity index (χ4v) is 3.07. The summed E-state index contributed by atoms with van der Waals surface area (Å²) in [7, 11) is 1.58. The summed E-state index contributed by atoms with van der Waals surface area (Å²) in [6.45, 7) is 0. The number of hydrogen-bond acceptors (Lipinski definition) is 4. The second-order valence-electron chi connectivity index (χ2n) is 5.51. The molecule has 1 heterocycles. The molecule has 0 aliphatic carbocycles. The Hall–Kier alpha value is -2.53. The molecule has 1 aliphatic rings. The molecular weight excluding hydrogens is 330 g/mol. The van der Waals surface area contributed by atoms with Gasteiger partial charge in [0.15, 0.2) is 0 Å². The number of ether oxygens (including phenoxy) is 2. The zero-order valence-corrected chi connectivity index (χ0v) is 13.8. The first kappa shape index (κ1) is 16.3. The van der Waals surface area contributed by atoms with Crippen LogP contribution in [0.3, 0.4) is 0 Å². The van der Waals surface area contributed by atoms with E-state index in [1.165, 1.54) is 0 Å². The van der Waals surface area contributed by atoms with Crippen LogP contribution < -0.4 is 14.8 Å². The molecule has 0 bridgehead atoms. The molecule has 0 aromatic heterocycles. The average molecular weight is 346 g/mol. The molecule has 0 radical (unpaired) electrons. The van der Waals surface area contributed by atoms with Gasteiger partial charge in [-0.25, -0.2) is 0 Å². The SMILES string of the molecule is COc1ccc(NC(=O)C[C@@H]2CC(=O)Oc3cccc(Cl)c32)cc1. The van der Waals surface area contributed by atoms with E-state index in [0.717, 1.165) is 0 Å². The van der Waals surface area contributed by atoms with E-state index in [1.54, 1.807) is 49.6 Å². The van der Waals surface area contributed by atoms with Crippen molar-refractivity contribution in [2.24, 2.45) is 0 Å². The van der Waals surface area contributed by atoms with Crippen LogP contribution >= 0.6 is 11.6 Å². The van der Waals surface area contributed by atoms with Gasteiger partial charge in [-0.05, 0) is 36.4 Å². The van der Waals surface area contributed by atoms with Gasteiger partial charge in [0.25, 0.3) is 0 Å². The highest BCUT2D eigenvalue weighted by atomic mass is 35.5. The van der Waals surface area contributed by atoms with Crippen LogP contribution in [0.4, 0.5) is 5.69 Å². The highest BCUT2D eigenvalue weighted by molar-refractivity contribution is 6.31. The van der Waals surface area contributed by atoms with Gasteiger partial charge in [0.05, 0.1) is 13.5 Å². The van der Waals surface area contributed by atoms with Crippen LogP contribution in [0.5, 0.6) is 11.5 Å². The molecule has 1 atom stereocenters. The van der Waals surface area contributed by atoms with Gasteiger partial charge in [0.2, 0.25) is 5.91 Å². The van der Waals surface area contributed by atoms with Crippen LogP contribution in [0, 0.1) is 0 Å². The first-order chi connectivity index (χ1) is 11.6. The molecule has 1 aliphatic heterocycles. The second-order valence-corrected chi connectivity index (χ2v) is 5.91. The van der Waals surface area contributed by atoms with Crippen LogP contribution in [-0.4, -0.2) is 19.0 Å². The fourth-order valence-electron chi connectivity index (χ4n) is 2.75. The van der Waals surface area contributed by atoms with Crippen molar-refractivity contribution in [3.63, 3.8) is 0 Å². The summed E-state index contributed by atoms with van der Waals surface area (Å²) in [6.07, 6.45) is 0.282. The number of methoxy groups -OCH3 is 1. The summed E-state index contributed by atoms with van der Waals surface area (Å²) in [6, 6.07) is 12.2. The molecular formula is C18H16ClNO4. The quantitative estimate of drug-likeness (QED) is 0.676. The second kappa shape index (κ2) is 6.93. The van der Waals surface area contributed by atoms with E-state index >= 15 is 0 Å². The molecule has 0 saturated carbocycles. The molecule has 0 spiro atoms. The highest BCUT2D eigenvalue weighted by Gasteiger charge is 2.30. The molecule has 1 amide bonds. The molecule has 0 fully saturated rings. The summed E-state index contributed by atoms with van der Waals surface area (Å²) in [4.78, 5) is 24.1. The van der Waals surface area contributed by atoms with Crippen molar-refractivity contribution in [2.45, 2.75) is 18.8 Å². The molecule has 24 heavy (non-hydrogen) atoms. The molecule has 1 N–H and O–H groups in total. The first-order valence-corrected chi connectivity index (χ1v) is 7.87. The maximum atomic E-state index is 12.3. The molecule has 3 rings (SSSR count). The zero-order chi connectivity index (χ0) is 17.1. The lowest BCUT2D eigenvalue weighted by Gasteiger charge is -2.25. The Morgan fingerprint density at radius 1 is 1.29 bits per heavy atom. The van der Waals surface area contributed by atoms with Crippen molar-refractivity contribution in [1.29, 1.82) is 0 Å². The zero-order valence-electron chi connectivity index (χ0n) is 13.0.